The van der Waals surface area contributed by atoms with Crippen molar-refractivity contribution >= 4 is 27.9 Å². The van der Waals surface area contributed by atoms with Gasteiger partial charge >= 0.3 is 0 Å². The van der Waals surface area contributed by atoms with Gasteiger partial charge < -0.3 is 0 Å². The van der Waals surface area contributed by atoms with Gasteiger partial charge in [0, 0.05) is 16.1 Å². The van der Waals surface area contributed by atoms with Crippen LogP contribution < -0.4 is 0 Å². The van der Waals surface area contributed by atoms with E-state index in [0.717, 1.165) is 27.7 Å². The Balaban J connectivity index is 2.85. The van der Waals surface area contributed by atoms with Crippen LogP contribution in [0.5, 0.6) is 0 Å². The second-order valence-electron chi connectivity index (χ2n) is 5.25. The fourth-order valence-corrected chi connectivity index (χ4v) is 2.16. The van der Waals surface area contributed by atoms with Gasteiger partial charge in [0.05, 0.1) is 5.69 Å². The van der Waals surface area contributed by atoms with Gasteiger partial charge in [-0.25, -0.2) is 4.98 Å². The number of pyridine rings is 1. The fraction of sp³-hybridized carbons (Fsp3) is 0.385. The fourth-order valence-electron chi connectivity index (χ4n) is 1.84. The first-order valence-corrected chi connectivity index (χ1v) is 6.28. The molecule has 0 saturated heterocycles. The number of halogens is 1. The average Bonchev–Trinajstić information content (AvgIpc) is 2.56. The van der Waals surface area contributed by atoms with Crippen LogP contribution in [0.3, 0.4) is 0 Å². The summed E-state index contributed by atoms with van der Waals surface area (Å²) in [6.45, 7) is 8.19. The minimum atomic E-state index is -0.136. The molecule has 0 spiro atoms. The Kier molecular flexibility index (Phi) is 2.86. The second kappa shape index (κ2) is 3.95. The molecule has 0 bridgehead atoms. The largest absolute Gasteiger partial charge is 0.296 e. The summed E-state index contributed by atoms with van der Waals surface area (Å²) in [4.78, 5) is 15.8. The molecule has 0 aliphatic rings. The molecule has 3 nitrogen and oxygen atoms in total. The SMILES string of the molecule is Cc1cc2nc(C(C)(C)C)c(C=O)n2cc1Br. The monoisotopic (exact) mass is 294 g/mol. The molecule has 0 amide bonds. The predicted molar refractivity (Wildman–Crippen MR) is 71.7 cm³/mol. The molecule has 0 fully saturated rings. The highest BCUT2D eigenvalue weighted by atomic mass is 79.9. The maximum atomic E-state index is 11.3. The van der Waals surface area contributed by atoms with Crippen LogP contribution in [-0.2, 0) is 5.41 Å². The zero-order valence-corrected chi connectivity index (χ0v) is 12.0. The molecular weight excluding hydrogens is 280 g/mol. The lowest BCUT2D eigenvalue weighted by Crippen LogP contribution is -2.14. The van der Waals surface area contributed by atoms with Crippen molar-refractivity contribution in [3.05, 3.63) is 33.7 Å². The molecule has 4 heteroatoms. The first-order valence-electron chi connectivity index (χ1n) is 5.48. The van der Waals surface area contributed by atoms with Crippen molar-refractivity contribution in [3.8, 4) is 0 Å². The van der Waals surface area contributed by atoms with E-state index in [-0.39, 0.29) is 5.41 Å². The first-order chi connectivity index (χ1) is 7.84. The number of hydrogen-bond donors (Lipinski definition) is 0. The molecule has 2 aromatic rings. The van der Waals surface area contributed by atoms with Gasteiger partial charge in [-0.15, -0.1) is 0 Å². The lowest BCUT2D eigenvalue weighted by atomic mass is 9.91. The minimum Gasteiger partial charge on any atom is -0.296 e. The molecule has 2 heterocycles. The average molecular weight is 295 g/mol. The van der Waals surface area contributed by atoms with E-state index in [1.807, 2.05) is 23.6 Å². The molecule has 0 aliphatic carbocycles. The van der Waals surface area contributed by atoms with Crippen LogP contribution in [0, 0.1) is 6.92 Å². The highest BCUT2D eigenvalue weighted by Gasteiger charge is 2.23. The molecule has 0 N–H and O–H groups in total. The Morgan fingerprint density at radius 1 is 1.41 bits per heavy atom. The van der Waals surface area contributed by atoms with E-state index in [1.54, 1.807) is 0 Å². The van der Waals surface area contributed by atoms with Crippen molar-refractivity contribution in [1.29, 1.82) is 0 Å². The van der Waals surface area contributed by atoms with Gasteiger partial charge in [0.1, 0.15) is 11.3 Å². The number of fused-ring (bicyclic) bond motifs is 1. The smallest absolute Gasteiger partial charge is 0.168 e. The number of aromatic nitrogens is 2. The Hall–Kier alpha value is -1.16. The maximum Gasteiger partial charge on any atom is 0.168 e. The van der Waals surface area contributed by atoms with Gasteiger partial charge in [-0.2, -0.15) is 0 Å². The number of carbonyl (C=O) groups is 1. The summed E-state index contributed by atoms with van der Waals surface area (Å²) in [5.74, 6) is 0. The van der Waals surface area contributed by atoms with E-state index < -0.39 is 0 Å². The van der Waals surface area contributed by atoms with Gasteiger partial charge in [0.15, 0.2) is 6.29 Å². The third-order valence-electron chi connectivity index (χ3n) is 2.76. The van der Waals surface area contributed by atoms with Crippen molar-refractivity contribution in [2.75, 3.05) is 0 Å². The summed E-state index contributed by atoms with van der Waals surface area (Å²) in [7, 11) is 0. The minimum absolute atomic E-state index is 0.136. The van der Waals surface area contributed by atoms with E-state index in [9.17, 15) is 4.79 Å². The number of rotatable bonds is 1. The summed E-state index contributed by atoms with van der Waals surface area (Å²) < 4.78 is 2.82. The molecule has 0 aliphatic heterocycles. The lowest BCUT2D eigenvalue weighted by Gasteiger charge is -2.15. The third kappa shape index (κ3) is 2.02. The summed E-state index contributed by atoms with van der Waals surface area (Å²) in [6.07, 6.45) is 2.78. The van der Waals surface area contributed by atoms with Crippen LogP contribution in [0.1, 0.15) is 42.5 Å². The Labute approximate surface area is 109 Å². The van der Waals surface area contributed by atoms with E-state index in [1.165, 1.54) is 0 Å². The van der Waals surface area contributed by atoms with Crippen molar-refractivity contribution in [2.45, 2.75) is 33.1 Å². The van der Waals surface area contributed by atoms with Gasteiger partial charge in [-0.05, 0) is 34.5 Å². The number of hydrogen-bond acceptors (Lipinski definition) is 2. The van der Waals surface area contributed by atoms with E-state index in [2.05, 4.69) is 41.7 Å². The number of nitrogens with zero attached hydrogens (tertiary/aromatic N) is 2. The number of aryl methyl sites for hydroxylation is 1. The Bertz CT molecular complexity index is 593. The molecule has 0 unspecified atom stereocenters. The number of aldehydes is 1. The maximum absolute atomic E-state index is 11.3. The zero-order valence-electron chi connectivity index (χ0n) is 10.4. The zero-order chi connectivity index (χ0) is 12.8. The Morgan fingerprint density at radius 2 is 2.06 bits per heavy atom. The lowest BCUT2D eigenvalue weighted by molar-refractivity contribution is 0.111. The summed E-state index contributed by atoms with van der Waals surface area (Å²) in [5, 5.41) is 0. The third-order valence-corrected chi connectivity index (χ3v) is 3.59. The molecule has 2 rings (SSSR count). The molecular formula is C13H15BrN2O. The first kappa shape index (κ1) is 12.3. The van der Waals surface area contributed by atoms with E-state index in [0.29, 0.717) is 5.69 Å². The molecule has 0 atom stereocenters. The molecule has 2 aromatic heterocycles. The highest BCUT2D eigenvalue weighted by Crippen LogP contribution is 2.27. The van der Waals surface area contributed by atoms with Gasteiger partial charge in [-0.3, -0.25) is 9.20 Å². The Morgan fingerprint density at radius 3 is 2.59 bits per heavy atom. The van der Waals surface area contributed by atoms with Crippen LogP contribution in [0.15, 0.2) is 16.7 Å². The summed E-state index contributed by atoms with van der Waals surface area (Å²) in [5.41, 5.74) is 3.26. The number of imidazole rings is 1. The summed E-state index contributed by atoms with van der Waals surface area (Å²) in [6, 6.07) is 1.98. The van der Waals surface area contributed by atoms with Gasteiger partial charge in [-0.1, -0.05) is 20.8 Å². The molecule has 0 radical (unpaired) electrons. The molecule has 90 valence electrons. The van der Waals surface area contributed by atoms with E-state index >= 15 is 0 Å². The number of carbonyl (C=O) groups excluding carboxylic acids is 1. The molecule has 0 aromatic carbocycles. The van der Waals surface area contributed by atoms with Crippen LogP contribution in [0.2, 0.25) is 0 Å². The van der Waals surface area contributed by atoms with Crippen LogP contribution in [-0.4, -0.2) is 15.7 Å². The standard InChI is InChI=1S/C13H15BrN2O/c1-8-5-11-15-12(13(2,3)4)10(7-17)16(11)6-9(8)14/h5-7H,1-4H3. The molecule has 17 heavy (non-hydrogen) atoms. The van der Waals surface area contributed by atoms with Crippen LogP contribution in [0.25, 0.3) is 5.65 Å². The van der Waals surface area contributed by atoms with Gasteiger partial charge in [0.2, 0.25) is 0 Å². The van der Waals surface area contributed by atoms with Gasteiger partial charge in [0.25, 0.3) is 0 Å². The van der Waals surface area contributed by atoms with Crippen molar-refractivity contribution in [3.63, 3.8) is 0 Å². The normalized spacial score (nSPS) is 12.1. The quantitative estimate of drug-likeness (QED) is 0.754. The second-order valence-corrected chi connectivity index (χ2v) is 6.10. The summed E-state index contributed by atoms with van der Waals surface area (Å²) >= 11 is 3.47. The van der Waals surface area contributed by atoms with Crippen molar-refractivity contribution < 1.29 is 4.79 Å². The van der Waals surface area contributed by atoms with Crippen LogP contribution >= 0.6 is 15.9 Å². The van der Waals surface area contributed by atoms with E-state index in [4.69, 9.17) is 0 Å². The van der Waals surface area contributed by atoms with Crippen molar-refractivity contribution in [2.24, 2.45) is 0 Å². The van der Waals surface area contributed by atoms with Crippen LogP contribution in [0.4, 0.5) is 0 Å². The topological polar surface area (TPSA) is 34.4 Å². The predicted octanol–water partition coefficient (Wildman–Crippen LogP) is 3.52. The molecule has 0 saturated carbocycles. The van der Waals surface area contributed by atoms with Crippen molar-refractivity contribution in [1.82, 2.24) is 9.38 Å². The highest BCUT2D eigenvalue weighted by molar-refractivity contribution is 9.10.